The lowest BCUT2D eigenvalue weighted by Crippen LogP contribution is -1.99. The van der Waals surface area contributed by atoms with Crippen LogP contribution in [0.1, 0.15) is 23.0 Å². The van der Waals surface area contributed by atoms with Crippen LogP contribution in [0.15, 0.2) is 60.9 Å². The summed E-state index contributed by atoms with van der Waals surface area (Å²) in [7, 11) is 0. The van der Waals surface area contributed by atoms with Crippen LogP contribution in [0.3, 0.4) is 0 Å². The smallest absolute Gasteiger partial charge is 0.352 e. The molecule has 5 nitrogen and oxygen atoms in total. The van der Waals surface area contributed by atoms with Gasteiger partial charge in [0.05, 0.1) is 5.69 Å². The van der Waals surface area contributed by atoms with Crippen molar-refractivity contribution >= 4 is 27.8 Å². The van der Waals surface area contributed by atoms with E-state index in [1.165, 1.54) is 0 Å². The summed E-state index contributed by atoms with van der Waals surface area (Å²) >= 11 is 0. The number of aromatic nitrogens is 3. The summed E-state index contributed by atoms with van der Waals surface area (Å²) < 4.78 is 0. The zero-order valence-electron chi connectivity index (χ0n) is 15.3. The van der Waals surface area contributed by atoms with Crippen molar-refractivity contribution in [3.05, 3.63) is 72.2 Å². The number of H-pyrrole nitrogens is 3. The maximum Gasteiger partial charge on any atom is 0.352 e. The summed E-state index contributed by atoms with van der Waals surface area (Å²) in [4.78, 5) is 21.7. The number of benzene rings is 2. The van der Waals surface area contributed by atoms with Crippen LogP contribution in [0.4, 0.5) is 0 Å². The van der Waals surface area contributed by atoms with Crippen LogP contribution in [-0.2, 0) is 6.42 Å². The number of nitrogens with one attached hydrogen (secondary N) is 3. The van der Waals surface area contributed by atoms with Gasteiger partial charge in [-0.1, -0.05) is 31.2 Å². The van der Waals surface area contributed by atoms with Gasteiger partial charge in [-0.15, -0.1) is 0 Å². The Morgan fingerprint density at radius 1 is 1.00 bits per heavy atom. The fraction of sp³-hybridized carbons (Fsp3) is 0.0870. The molecule has 5 rings (SSSR count). The quantitative estimate of drug-likeness (QED) is 0.334. The van der Waals surface area contributed by atoms with E-state index < -0.39 is 5.97 Å². The van der Waals surface area contributed by atoms with Gasteiger partial charge in [0.25, 0.3) is 0 Å². The molecule has 0 saturated heterocycles. The fourth-order valence-electron chi connectivity index (χ4n) is 4.11. The first kappa shape index (κ1) is 16.4. The first-order chi connectivity index (χ1) is 13.7. The van der Waals surface area contributed by atoms with Gasteiger partial charge < -0.3 is 20.1 Å². The summed E-state index contributed by atoms with van der Waals surface area (Å²) in [6.45, 7) is 2.06. The molecule has 3 aromatic heterocycles. The standard InChI is InChI=1S/C23H19N3O2/c1-2-15-20(14-7-6-13-8-10-25-19(13)12-14)22(23(27)28)26-21(15)17-4-3-5-18-16(17)9-11-24-18/h3-12,24-26H,2H2,1H3,(H,27,28). The highest BCUT2D eigenvalue weighted by atomic mass is 16.4. The average molecular weight is 369 g/mol. The lowest BCUT2D eigenvalue weighted by molar-refractivity contribution is 0.0692. The number of rotatable bonds is 4. The second-order valence-corrected chi connectivity index (χ2v) is 6.91. The van der Waals surface area contributed by atoms with Crippen molar-refractivity contribution in [2.75, 3.05) is 0 Å². The Labute approximate surface area is 161 Å². The topological polar surface area (TPSA) is 84.7 Å². The van der Waals surface area contributed by atoms with E-state index in [-0.39, 0.29) is 5.69 Å². The molecule has 138 valence electrons. The van der Waals surface area contributed by atoms with Crippen molar-refractivity contribution in [3.63, 3.8) is 0 Å². The van der Waals surface area contributed by atoms with Crippen molar-refractivity contribution in [3.8, 4) is 22.4 Å². The van der Waals surface area contributed by atoms with E-state index in [1.54, 1.807) is 0 Å². The van der Waals surface area contributed by atoms with E-state index in [1.807, 2.05) is 60.9 Å². The highest BCUT2D eigenvalue weighted by Crippen LogP contribution is 2.39. The summed E-state index contributed by atoms with van der Waals surface area (Å²) in [5.74, 6) is -0.955. The van der Waals surface area contributed by atoms with Gasteiger partial charge in [0.15, 0.2) is 0 Å². The second kappa shape index (κ2) is 6.16. The van der Waals surface area contributed by atoms with Gasteiger partial charge in [0.2, 0.25) is 0 Å². The number of hydrogen-bond acceptors (Lipinski definition) is 1. The molecule has 0 fully saturated rings. The monoisotopic (exact) mass is 369 g/mol. The van der Waals surface area contributed by atoms with Gasteiger partial charge in [0, 0.05) is 39.9 Å². The van der Waals surface area contributed by atoms with Gasteiger partial charge in [0.1, 0.15) is 5.69 Å². The van der Waals surface area contributed by atoms with Crippen molar-refractivity contribution in [1.82, 2.24) is 15.0 Å². The molecule has 0 amide bonds. The first-order valence-electron chi connectivity index (χ1n) is 9.29. The minimum Gasteiger partial charge on any atom is -0.477 e. The van der Waals surface area contributed by atoms with Gasteiger partial charge >= 0.3 is 5.97 Å². The SMILES string of the molecule is CCc1c(-c2cccc3[nH]ccc23)[nH]c(C(=O)O)c1-c1ccc2cc[nH]c2c1. The van der Waals surface area contributed by atoms with Crippen LogP contribution in [-0.4, -0.2) is 26.0 Å². The number of aromatic carboxylic acids is 1. The predicted octanol–water partition coefficient (Wildman–Crippen LogP) is 5.57. The molecule has 0 bridgehead atoms. The third-order valence-corrected chi connectivity index (χ3v) is 5.38. The molecular formula is C23H19N3O2. The Morgan fingerprint density at radius 2 is 1.82 bits per heavy atom. The van der Waals surface area contributed by atoms with Gasteiger partial charge in [-0.25, -0.2) is 4.79 Å². The fourth-order valence-corrected chi connectivity index (χ4v) is 4.11. The zero-order chi connectivity index (χ0) is 19.3. The molecule has 0 aliphatic carbocycles. The molecule has 5 aromatic rings. The van der Waals surface area contributed by atoms with Gasteiger partial charge in [-0.05, 0) is 47.2 Å². The molecule has 0 spiro atoms. The van der Waals surface area contributed by atoms with Crippen LogP contribution < -0.4 is 0 Å². The van der Waals surface area contributed by atoms with Crippen LogP contribution in [0.2, 0.25) is 0 Å². The van der Waals surface area contributed by atoms with Crippen molar-refractivity contribution in [1.29, 1.82) is 0 Å². The third kappa shape index (κ3) is 2.36. The molecular weight excluding hydrogens is 350 g/mol. The largest absolute Gasteiger partial charge is 0.477 e. The highest BCUT2D eigenvalue weighted by molar-refractivity contribution is 6.02. The van der Waals surface area contributed by atoms with E-state index in [0.717, 1.165) is 56.2 Å². The van der Waals surface area contributed by atoms with Gasteiger partial charge in [-0.3, -0.25) is 0 Å². The van der Waals surface area contributed by atoms with E-state index in [4.69, 9.17) is 0 Å². The van der Waals surface area contributed by atoms with Crippen molar-refractivity contribution < 1.29 is 9.90 Å². The maximum atomic E-state index is 12.1. The first-order valence-corrected chi connectivity index (χ1v) is 9.29. The summed E-state index contributed by atoms with van der Waals surface area (Å²) in [5.41, 5.74) is 6.79. The van der Waals surface area contributed by atoms with E-state index >= 15 is 0 Å². The van der Waals surface area contributed by atoms with Crippen LogP contribution in [0.5, 0.6) is 0 Å². The molecule has 0 radical (unpaired) electrons. The molecule has 28 heavy (non-hydrogen) atoms. The molecule has 4 N–H and O–H groups in total. The Kier molecular flexibility index (Phi) is 3.62. The minimum atomic E-state index is -0.955. The van der Waals surface area contributed by atoms with Crippen LogP contribution in [0, 0.1) is 0 Å². The summed E-state index contributed by atoms with van der Waals surface area (Å²) in [5, 5.41) is 12.1. The normalized spacial score (nSPS) is 11.5. The molecule has 0 atom stereocenters. The van der Waals surface area contributed by atoms with E-state index in [9.17, 15) is 9.90 Å². The molecule has 0 saturated carbocycles. The second-order valence-electron chi connectivity index (χ2n) is 6.91. The van der Waals surface area contributed by atoms with Crippen molar-refractivity contribution in [2.45, 2.75) is 13.3 Å². The molecule has 5 heteroatoms. The molecule has 0 unspecified atom stereocenters. The summed E-state index contributed by atoms with van der Waals surface area (Å²) in [6, 6.07) is 16.1. The Morgan fingerprint density at radius 3 is 2.64 bits per heavy atom. The Hall–Kier alpha value is -3.73. The lowest BCUT2D eigenvalue weighted by atomic mass is 9.95. The summed E-state index contributed by atoms with van der Waals surface area (Å²) in [6.07, 6.45) is 4.52. The molecule has 2 aromatic carbocycles. The van der Waals surface area contributed by atoms with Crippen molar-refractivity contribution in [2.24, 2.45) is 0 Å². The Balaban J connectivity index is 1.82. The van der Waals surface area contributed by atoms with Gasteiger partial charge in [-0.2, -0.15) is 0 Å². The minimum absolute atomic E-state index is 0.227. The van der Waals surface area contributed by atoms with Crippen LogP contribution in [0.25, 0.3) is 44.2 Å². The maximum absolute atomic E-state index is 12.1. The number of aromatic amines is 3. The number of carbonyl (C=O) groups is 1. The van der Waals surface area contributed by atoms with Crippen LogP contribution >= 0.6 is 0 Å². The third-order valence-electron chi connectivity index (χ3n) is 5.38. The lowest BCUT2D eigenvalue weighted by Gasteiger charge is -2.08. The zero-order valence-corrected chi connectivity index (χ0v) is 15.3. The number of hydrogen-bond donors (Lipinski definition) is 4. The number of carboxylic acid groups (broad SMARTS) is 1. The highest BCUT2D eigenvalue weighted by Gasteiger charge is 2.24. The van der Waals surface area contributed by atoms with E-state index in [2.05, 4.69) is 21.9 Å². The number of fused-ring (bicyclic) bond motifs is 2. The van der Waals surface area contributed by atoms with E-state index in [0.29, 0.717) is 0 Å². The number of carboxylic acids is 1. The molecule has 3 heterocycles. The molecule has 0 aliphatic rings. The predicted molar refractivity (Wildman–Crippen MR) is 112 cm³/mol. The Bertz CT molecular complexity index is 1340. The average Bonchev–Trinajstić information content (AvgIpc) is 3.43. The molecule has 0 aliphatic heterocycles.